The largest absolute Gasteiger partial charge is 0.345 e. The summed E-state index contributed by atoms with van der Waals surface area (Å²) in [5.74, 6) is -0.721. The number of aryl methyl sites for hydroxylation is 2. The number of hydrogen-bond donors (Lipinski definition) is 2. The van der Waals surface area contributed by atoms with Gasteiger partial charge in [0.1, 0.15) is 5.82 Å². The Labute approximate surface area is 227 Å². The Balaban J connectivity index is 1.54. The first kappa shape index (κ1) is 26.7. The molecular formula is C26H22Cl2FN5O2S. The number of rotatable bonds is 8. The fraction of sp³-hybridized carbons (Fsp3) is 0.154. The number of halogens is 3. The summed E-state index contributed by atoms with van der Waals surface area (Å²) in [4.78, 5) is 25.2. The van der Waals surface area contributed by atoms with Crippen molar-refractivity contribution in [3.05, 3.63) is 99.0 Å². The second kappa shape index (κ2) is 11.8. The average molecular weight is 558 g/mol. The van der Waals surface area contributed by atoms with Crippen LogP contribution in [-0.2, 0) is 11.3 Å². The van der Waals surface area contributed by atoms with Crippen molar-refractivity contribution in [3.63, 3.8) is 0 Å². The summed E-state index contributed by atoms with van der Waals surface area (Å²) in [7, 11) is 0. The predicted octanol–water partition coefficient (Wildman–Crippen LogP) is 5.99. The number of benzene rings is 3. The monoisotopic (exact) mass is 557 g/mol. The Kier molecular flexibility index (Phi) is 8.48. The van der Waals surface area contributed by atoms with Gasteiger partial charge in [-0.3, -0.25) is 14.2 Å². The minimum Gasteiger partial charge on any atom is -0.345 e. The Hall–Kier alpha value is -3.40. The quantitative estimate of drug-likeness (QED) is 0.260. The third-order valence-electron chi connectivity index (χ3n) is 5.36. The number of carbonyl (C=O) groups is 2. The summed E-state index contributed by atoms with van der Waals surface area (Å²) >= 11 is 13.5. The molecule has 2 amide bonds. The van der Waals surface area contributed by atoms with Gasteiger partial charge in [0.15, 0.2) is 11.0 Å². The van der Waals surface area contributed by atoms with Gasteiger partial charge in [-0.25, -0.2) is 4.39 Å². The maximum Gasteiger partial charge on any atom is 0.251 e. The van der Waals surface area contributed by atoms with E-state index < -0.39 is 11.7 Å². The molecule has 0 aliphatic heterocycles. The second-order valence-electron chi connectivity index (χ2n) is 8.18. The van der Waals surface area contributed by atoms with Crippen LogP contribution in [0.4, 0.5) is 10.1 Å². The van der Waals surface area contributed by atoms with Crippen molar-refractivity contribution in [2.75, 3.05) is 11.1 Å². The molecule has 4 aromatic rings. The van der Waals surface area contributed by atoms with Crippen molar-refractivity contribution in [2.24, 2.45) is 0 Å². The summed E-state index contributed by atoms with van der Waals surface area (Å²) in [5, 5.41) is 15.2. The van der Waals surface area contributed by atoms with Crippen molar-refractivity contribution in [3.8, 4) is 5.69 Å². The molecule has 0 saturated carbocycles. The van der Waals surface area contributed by atoms with Crippen LogP contribution < -0.4 is 10.6 Å². The summed E-state index contributed by atoms with van der Waals surface area (Å²) < 4.78 is 15.2. The van der Waals surface area contributed by atoms with Crippen LogP contribution in [-0.4, -0.2) is 32.3 Å². The molecular weight excluding hydrogens is 536 g/mol. The van der Waals surface area contributed by atoms with Crippen molar-refractivity contribution < 1.29 is 14.0 Å². The maximum absolute atomic E-state index is 13.5. The number of nitrogens with one attached hydrogen (secondary N) is 2. The van der Waals surface area contributed by atoms with Gasteiger partial charge in [0, 0.05) is 11.3 Å². The van der Waals surface area contributed by atoms with Crippen molar-refractivity contribution in [1.82, 2.24) is 20.1 Å². The first-order chi connectivity index (χ1) is 17.7. The van der Waals surface area contributed by atoms with E-state index in [9.17, 15) is 14.0 Å². The van der Waals surface area contributed by atoms with Gasteiger partial charge in [0.25, 0.3) is 5.91 Å². The Morgan fingerprint density at radius 1 is 1.00 bits per heavy atom. The van der Waals surface area contributed by atoms with Crippen molar-refractivity contribution in [1.29, 1.82) is 0 Å². The molecule has 1 heterocycles. The molecule has 1 aromatic heterocycles. The number of thioether (sulfide) groups is 1. The van der Waals surface area contributed by atoms with Crippen molar-refractivity contribution in [2.45, 2.75) is 25.5 Å². The van der Waals surface area contributed by atoms with Gasteiger partial charge < -0.3 is 10.6 Å². The minimum absolute atomic E-state index is 0.00215. The number of nitrogens with zero attached hydrogens (tertiary/aromatic N) is 3. The van der Waals surface area contributed by atoms with E-state index in [4.69, 9.17) is 23.2 Å². The van der Waals surface area contributed by atoms with E-state index in [1.54, 1.807) is 22.8 Å². The molecule has 0 spiro atoms. The predicted molar refractivity (Wildman–Crippen MR) is 144 cm³/mol. The Morgan fingerprint density at radius 3 is 2.57 bits per heavy atom. The summed E-state index contributed by atoms with van der Waals surface area (Å²) in [6.45, 7) is 3.88. The molecule has 0 fully saturated rings. The molecule has 0 atom stereocenters. The topological polar surface area (TPSA) is 88.9 Å². The highest BCUT2D eigenvalue weighted by atomic mass is 35.5. The third kappa shape index (κ3) is 6.68. The first-order valence-electron chi connectivity index (χ1n) is 11.1. The van der Waals surface area contributed by atoms with Crippen LogP contribution in [0, 0.1) is 19.7 Å². The molecule has 0 aliphatic rings. The Morgan fingerprint density at radius 2 is 1.81 bits per heavy atom. The fourth-order valence-electron chi connectivity index (χ4n) is 3.47. The molecule has 0 saturated heterocycles. The van der Waals surface area contributed by atoms with Crippen LogP contribution in [0.1, 0.15) is 27.3 Å². The van der Waals surface area contributed by atoms with E-state index in [1.807, 2.05) is 32.0 Å². The van der Waals surface area contributed by atoms with E-state index in [-0.39, 0.29) is 23.8 Å². The lowest BCUT2D eigenvalue weighted by Crippen LogP contribution is -2.24. The van der Waals surface area contributed by atoms with Crippen LogP contribution in [0.5, 0.6) is 0 Å². The van der Waals surface area contributed by atoms with Gasteiger partial charge in [-0.15, -0.1) is 10.2 Å². The fourth-order valence-corrected chi connectivity index (χ4v) is 4.53. The van der Waals surface area contributed by atoms with Gasteiger partial charge in [-0.1, -0.05) is 53.2 Å². The molecule has 0 radical (unpaired) electrons. The SMILES string of the molecule is Cc1ccc(C)c(NC(=O)CSc2nnc(CNC(=O)c3cccc(F)c3)n2-c2ccc(Cl)c(Cl)c2)c1. The standard InChI is InChI=1S/C26H22Cl2FN5O2S/c1-15-6-7-16(2)22(10-15)31-24(35)14-37-26-33-32-23(34(26)19-8-9-20(27)21(28)12-19)13-30-25(36)17-4-3-5-18(29)11-17/h3-12H,13-14H2,1-2H3,(H,30,36)(H,31,35). The lowest BCUT2D eigenvalue weighted by Gasteiger charge is -2.12. The number of anilines is 1. The number of hydrogen-bond acceptors (Lipinski definition) is 5. The molecule has 0 bridgehead atoms. The molecule has 0 unspecified atom stereocenters. The van der Waals surface area contributed by atoms with Crippen LogP contribution in [0.3, 0.4) is 0 Å². The second-order valence-corrected chi connectivity index (χ2v) is 9.94. The highest BCUT2D eigenvalue weighted by molar-refractivity contribution is 7.99. The first-order valence-corrected chi connectivity index (χ1v) is 12.9. The normalized spacial score (nSPS) is 10.8. The van der Waals surface area contributed by atoms with Gasteiger partial charge in [-0.2, -0.15) is 0 Å². The number of aromatic nitrogens is 3. The highest BCUT2D eigenvalue weighted by Gasteiger charge is 2.18. The van der Waals surface area contributed by atoms with Crippen LogP contribution in [0.15, 0.2) is 65.8 Å². The molecule has 0 aliphatic carbocycles. The molecule has 190 valence electrons. The third-order valence-corrected chi connectivity index (χ3v) is 7.02. The van der Waals surface area contributed by atoms with Crippen LogP contribution in [0.25, 0.3) is 5.69 Å². The van der Waals surface area contributed by atoms with Crippen LogP contribution in [0.2, 0.25) is 10.0 Å². The molecule has 7 nitrogen and oxygen atoms in total. The smallest absolute Gasteiger partial charge is 0.251 e. The van der Waals surface area contributed by atoms with Crippen LogP contribution >= 0.6 is 35.0 Å². The zero-order valence-corrected chi connectivity index (χ0v) is 22.2. The lowest BCUT2D eigenvalue weighted by molar-refractivity contribution is -0.113. The summed E-state index contributed by atoms with van der Waals surface area (Å²) in [6.07, 6.45) is 0. The highest BCUT2D eigenvalue weighted by Crippen LogP contribution is 2.28. The summed E-state index contributed by atoms with van der Waals surface area (Å²) in [5.41, 5.74) is 3.53. The van der Waals surface area contributed by atoms with Gasteiger partial charge in [0.05, 0.1) is 28.0 Å². The van der Waals surface area contributed by atoms with E-state index in [0.717, 1.165) is 22.9 Å². The van der Waals surface area contributed by atoms with E-state index >= 15 is 0 Å². The van der Waals surface area contributed by atoms with E-state index in [2.05, 4.69) is 20.8 Å². The lowest BCUT2D eigenvalue weighted by atomic mass is 10.1. The molecule has 3 aromatic carbocycles. The number of carbonyl (C=O) groups excluding carboxylic acids is 2. The molecule has 4 rings (SSSR count). The van der Waals surface area contributed by atoms with Crippen molar-refractivity contribution >= 4 is 52.5 Å². The Bertz CT molecular complexity index is 1480. The molecule has 2 N–H and O–H groups in total. The zero-order valence-electron chi connectivity index (χ0n) is 19.9. The molecule has 11 heteroatoms. The van der Waals surface area contributed by atoms with E-state index in [1.165, 1.54) is 30.0 Å². The van der Waals surface area contributed by atoms with Gasteiger partial charge >= 0.3 is 0 Å². The zero-order chi connectivity index (χ0) is 26.5. The minimum atomic E-state index is -0.510. The average Bonchev–Trinajstić information content (AvgIpc) is 3.28. The maximum atomic E-state index is 13.5. The number of amides is 2. The van der Waals surface area contributed by atoms with E-state index in [0.29, 0.717) is 26.7 Å². The van der Waals surface area contributed by atoms with Gasteiger partial charge in [0.2, 0.25) is 5.91 Å². The molecule has 37 heavy (non-hydrogen) atoms. The summed E-state index contributed by atoms with van der Waals surface area (Å²) in [6, 6.07) is 16.2. The van der Waals surface area contributed by atoms with Gasteiger partial charge in [-0.05, 0) is 67.4 Å².